The molecule has 34 valence electrons. The van der Waals surface area contributed by atoms with Crippen LogP contribution in [0, 0.1) is 0 Å². The van der Waals surface area contributed by atoms with Gasteiger partial charge in [-0.25, -0.2) is 4.79 Å². The van der Waals surface area contributed by atoms with Crippen LogP contribution in [0.5, 0.6) is 0 Å². The Bertz CT molecular complexity index is 37.9. The van der Waals surface area contributed by atoms with Crippen molar-refractivity contribution in [2.75, 3.05) is 0 Å². The smallest absolute Gasteiger partial charge is 0 e. The minimum Gasteiger partial charge on any atom is 0 e. The van der Waals surface area contributed by atoms with E-state index in [0.717, 1.165) is 0 Å². The number of carbonyl (C=O) groups is 1. The molecule has 2 radical (unpaired) electrons. The Morgan fingerprint density at radius 3 is 1.29 bits per heavy atom. The largest absolute Gasteiger partial charge is 0 e. The van der Waals surface area contributed by atoms with Crippen molar-refractivity contribution in [2.24, 2.45) is 0 Å². The first kappa shape index (κ1) is 23.7. The van der Waals surface area contributed by atoms with E-state index in [2.05, 4.69) is 0 Å². The minimum atomic E-state index is -1.83. The van der Waals surface area contributed by atoms with Gasteiger partial charge in [0.05, 0.1) is 0 Å². The fourth-order valence-corrected chi connectivity index (χ4v) is 0. The Morgan fingerprint density at radius 2 is 1.29 bits per heavy atom. The van der Waals surface area contributed by atoms with Crippen LogP contribution in [0.4, 0.5) is 4.79 Å². The van der Waals surface area contributed by atoms with Crippen LogP contribution in [-0.4, -0.2) is 62.5 Å². The molecule has 0 rings (SSSR count). The topological polar surface area (TPSA) is 57.5 Å². The fourth-order valence-electron chi connectivity index (χ4n) is 0. The van der Waals surface area contributed by atoms with E-state index in [1.165, 1.54) is 0 Å². The van der Waals surface area contributed by atoms with Crippen LogP contribution in [0.2, 0.25) is 0 Å². The molecule has 0 atom stereocenters. The van der Waals surface area contributed by atoms with Gasteiger partial charge in [-0.15, -0.1) is 0 Å². The summed E-state index contributed by atoms with van der Waals surface area (Å²) in [7, 11) is 0. The van der Waals surface area contributed by atoms with Gasteiger partial charge in [0.1, 0.15) is 0 Å². The number of hydrogen-bond donors (Lipinski definition) is 2. The molecule has 0 heterocycles. The van der Waals surface area contributed by atoms with Crippen LogP contribution < -0.4 is 0 Å². The molecule has 0 fully saturated rings. The predicted octanol–water partition coefficient (Wildman–Crippen LogP) is -1.34. The summed E-state index contributed by atoms with van der Waals surface area (Å²) in [6.07, 6.45) is -1.83. The molecule has 0 aliphatic rings. The Hall–Kier alpha value is 1.41. The molecule has 6 heteroatoms. The van der Waals surface area contributed by atoms with E-state index < -0.39 is 6.16 Å². The quantitative estimate of drug-likeness (QED) is 0.535. The molecule has 0 aromatic carbocycles. The number of carboxylic acid groups (broad SMARTS) is 2. The summed E-state index contributed by atoms with van der Waals surface area (Å²) >= 11 is 0. The molecule has 0 amide bonds. The Labute approximate surface area is 86.0 Å². The summed E-state index contributed by atoms with van der Waals surface area (Å²) in [5.41, 5.74) is 0. The predicted molar refractivity (Wildman–Crippen MR) is 26.3 cm³/mol. The summed E-state index contributed by atoms with van der Waals surface area (Å²) in [4.78, 5) is 8.56. The number of hydrogen-bond acceptors (Lipinski definition) is 1. The van der Waals surface area contributed by atoms with E-state index in [4.69, 9.17) is 15.0 Å². The van der Waals surface area contributed by atoms with Crippen molar-refractivity contribution in [2.45, 2.75) is 0 Å². The molecule has 3 nitrogen and oxygen atoms in total. The summed E-state index contributed by atoms with van der Waals surface area (Å²) < 4.78 is 0. The second-order valence-corrected chi connectivity index (χ2v) is 0.283. The van der Waals surface area contributed by atoms with Crippen LogP contribution in [0.25, 0.3) is 0 Å². The van der Waals surface area contributed by atoms with Crippen molar-refractivity contribution >= 4 is 52.3 Å². The van der Waals surface area contributed by atoms with Gasteiger partial charge in [0.15, 0.2) is 0 Å². The average molecular weight is 345 g/mol. The van der Waals surface area contributed by atoms with E-state index >= 15 is 0 Å². The van der Waals surface area contributed by atoms with Crippen LogP contribution in [0.3, 0.4) is 0 Å². The van der Waals surface area contributed by atoms with E-state index in [1.54, 1.807) is 0 Å². The Kier molecular flexibility index (Phi) is 53.1. The van der Waals surface area contributed by atoms with Crippen molar-refractivity contribution in [1.82, 2.24) is 0 Å². The maximum atomic E-state index is 8.56. The molecular formula is CH5LiO3PbZn. The fraction of sp³-hybridized carbons (Fsp3) is 0. The molecule has 0 bridgehead atoms. The zero-order valence-corrected chi connectivity index (χ0v) is 11.7. The van der Waals surface area contributed by atoms with Gasteiger partial charge >= 0.3 is 52.3 Å². The Balaban J connectivity index is -0.0000000150. The molecule has 2 N–H and O–H groups in total. The molecule has 0 aromatic heterocycles. The maximum Gasteiger partial charge on any atom is 0 e. The number of rotatable bonds is 0. The summed E-state index contributed by atoms with van der Waals surface area (Å²) in [6.45, 7) is 0. The van der Waals surface area contributed by atoms with Crippen LogP contribution in [-0.2, 0) is 19.5 Å². The summed E-state index contributed by atoms with van der Waals surface area (Å²) in [5.74, 6) is 0. The van der Waals surface area contributed by atoms with Crippen molar-refractivity contribution < 1.29 is 34.5 Å². The van der Waals surface area contributed by atoms with Crippen LogP contribution in [0.15, 0.2) is 0 Å². The monoisotopic (exact) mass is 344 g/mol. The normalized spacial score (nSPS) is 3.43. The summed E-state index contributed by atoms with van der Waals surface area (Å²) in [5, 5.41) is 13.9. The molecular weight excluding hydrogens is 340 g/mol. The van der Waals surface area contributed by atoms with E-state index in [-0.39, 0.29) is 65.6 Å². The van der Waals surface area contributed by atoms with E-state index in [1.807, 2.05) is 0 Å². The molecule has 0 aliphatic carbocycles. The summed E-state index contributed by atoms with van der Waals surface area (Å²) in [6, 6.07) is 0. The van der Waals surface area contributed by atoms with Gasteiger partial charge < -0.3 is 10.2 Å². The third kappa shape index (κ3) is 109. The third-order valence-electron chi connectivity index (χ3n) is 0. The zero-order valence-electron chi connectivity index (χ0n) is 3.22. The average Bonchev–Trinajstić information content (AvgIpc) is 0.811. The Morgan fingerprint density at radius 1 is 1.29 bits per heavy atom. The molecule has 0 saturated carbocycles. The molecule has 0 saturated heterocycles. The first-order valence-electron chi connectivity index (χ1n) is 0.651. The molecule has 0 aliphatic heterocycles. The van der Waals surface area contributed by atoms with Crippen molar-refractivity contribution in [1.29, 1.82) is 0 Å². The first-order chi connectivity index (χ1) is 1.73. The van der Waals surface area contributed by atoms with E-state index in [9.17, 15) is 0 Å². The van der Waals surface area contributed by atoms with Gasteiger partial charge in [0.2, 0.25) is 0 Å². The van der Waals surface area contributed by atoms with E-state index in [0.29, 0.717) is 0 Å². The third-order valence-corrected chi connectivity index (χ3v) is 0. The zero-order chi connectivity index (χ0) is 3.58. The van der Waals surface area contributed by atoms with Crippen molar-refractivity contribution in [3.05, 3.63) is 0 Å². The van der Waals surface area contributed by atoms with Gasteiger partial charge in [-0.1, -0.05) is 0 Å². The van der Waals surface area contributed by atoms with Gasteiger partial charge in [0, 0.05) is 19.5 Å². The maximum absolute atomic E-state index is 8.56. The molecule has 7 heavy (non-hydrogen) atoms. The standard InChI is InChI=1S/CH2O3.Li.Pb.Zn.3H/c2-1(3)4;;;;;;/h(H2,2,3,4);;;;;;. The SMILES string of the molecule is O=C(O)O.[LiH].[PbH2].[Zn]. The first-order valence-corrected chi connectivity index (χ1v) is 0.651. The second-order valence-electron chi connectivity index (χ2n) is 0.283. The van der Waals surface area contributed by atoms with Crippen LogP contribution >= 0.6 is 0 Å². The molecule has 0 spiro atoms. The van der Waals surface area contributed by atoms with Gasteiger partial charge in [-0.2, -0.15) is 0 Å². The van der Waals surface area contributed by atoms with Gasteiger partial charge in [-0.05, 0) is 0 Å². The minimum absolute atomic E-state index is 0. The van der Waals surface area contributed by atoms with Gasteiger partial charge in [0.25, 0.3) is 0 Å². The molecule has 0 unspecified atom stereocenters. The van der Waals surface area contributed by atoms with Gasteiger partial charge in [-0.3, -0.25) is 0 Å². The molecule has 0 aromatic rings. The second kappa shape index (κ2) is 15.7. The van der Waals surface area contributed by atoms with Crippen molar-refractivity contribution in [3.63, 3.8) is 0 Å². The van der Waals surface area contributed by atoms with Crippen LogP contribution in [0.1, 0.15) is 0 Å². The van der Waals surface area contributed by atoms with Crippen molar-refractivity contribution in [3.8, 4) is 0 Å².